The van der Waals surface area contributed by atoms with E-state index in [1.54, 1.807) is 0 Å². The fourth-order valence-electron chi connectivity index (χ4n) is 0.846. The summed E-state index contributed by atoms with van der Waals surface area (Å²) in [5.74, 6) is -1.49. The monoisotopic (exact) mass is 222 g/mol. The molecule has 0 aliphatic rings. The Morgan fingerprint density at radius 1 is 1.47 bits per heavy atom. The van der Waals surface area contributed by atoms with Crippen LogP contribution in [0.3, 0.4) is 0 Å². The zero-order valence-corrected chi connectivity index (χ0v) is 7.15. The summed E-state index contributed by atoms with van der Waals surface area (Å²) >= 11 is 0. The summed E-state index contributed by atoms with van der Waals surface area (Å²) in [7, 11) is 0. The summed E-state index contributed by atoms with van der Waals surface area (Å²) in [6.07, 6.45) is -4.62. The van der Waals surface area contributed by atoms with Gasteiger partial charge in [0, 0.05) is 6.07 Å². The molecular formula is C7H5F3N2O3. The highest BCUT2D eigenvalue weighted by atomic mass is 19.4. The summed E-state index contributed by atoms with van der Waals surface area (Å²) in [6.45, 7) is -1.60. The van der Waals surface area contributed by atoms with Crippen LogP contribution < -0.4 is 5.56 Å². The smallest absolute Gasteiger partial charge is 0.408 e. The van der Waals surface area contributed by atoms with Crippen molar-refractivity contribution in [1.82, 2.24) is 9.78 Å². The van der Waals surface area contributed by atoms with Crippen LogP contribution in [-0.4, -0.2) is 27.0 Å². The topological polar surface area (TPSA) is 72.2 Å². The highest BCUT2D eigenvalue weighted by Gasteiger charge is 2.29. The van der Waals surface area contributed by atoms with E-state index in [9.17, 15) is 22.8 Å². The third-order valence-electron chi connectivity index (χ3n) is 1.41. The molecule has 1 aromatic heterocycles. The van der Waals surface area contributed by atoms with Crippen molar-refractivity contribution < 1.29 is 23.1 Å². The first-order valence-corrected chi connectivity index (χ1v) is 3.68. The summed E-state index contributed by atoms with van der Waals surface area (Å²) in [4.78, 5) is 21.3. The Balaban J connectivity index is 3.12. The summed E-state index contributed by atoms with van der Waals surface area (Å²) in [6, 6.07) is 1.57. The second kappa shape index (κ2) is 3.71. The van der Waals surface area contributed by atoms with Gasteiger partial charge in [-0.15, -0.1) is 0 Å². The molecule has 1 rings (SSSR count). The lowest BCUT2D eigenvalue weighted by atomic mass is 10.4. The molecule has 0 radical (unpaired) electrons. The van der Waals surface area contributed by atoms with Crippen LogP contribution in [0, 0.1) is 0 Å². The van der Waals surface area contributed by atoms with Crippen LogP contribution in [0.4, 0.5) is 13.2 Å². The van der Waals surface area contributed by atoms with Gasteiger partial charge in [0.1, 0.15) is 6.54 Å². The molecule has 0 bridgehead atoms. The Morgan fingerprint density at radius 2 is 2.07 bits per heavy atom. The lowest BCUT2D eigenvalue weighted by molar-refractivity contribution is -0.143. The molecule has 82 valence electrons. The van der Waals surface area contributed by atoms with Crippen molar-refractivity contribution in [2.75, 3.05) is 0 Å². The van der Waals surface area contributed by atoms with E-state index in [1.807, 2.05) is 0 Å². The fraction of sp³-hybridized carbons (Fsp3) is 0.286. The standard InChI is InChI=1S/C7H5F3N2O3/c8-7(9,10)3-12-5(13)2-1-4(11-12)6(14)15/h1-2H,3H2,(H,14,15). The van der Waals surface area contributed by atoms with Gasteiger partial charge in [0.2, 0.25) is 0 Å². The molecule has 0 unspecified atom stereocenters. The van der Waals surface area contributed by atoms with Gasteiger partial charge in [-0.25, -0.2) is 9.48 Å². The molecule has 0 saturated heterocycles. The van der Waals surface area contributed by atoms with Gasteiger partial charge in [-0.2, -0.15) is 18.3 Å². The van der Waals surface area contributed by atoms with Crippen LogP contribution in [0.1, 0.15) is 10.5 Å². The van der Waals surface area contributed by atoms with Crippen LogP contribution in [0.2, 0.25) is 0 Å². The Morgan fingerprint density at radius 3 is 2.53 bits per heavy atom. The van der Waals surface area contributed by atoms with Gasteiger partial charge < -0.3 is 5.11 Å². The van der Waals surface area contributed by atoms with Gasteiger partial charge in [-0.3, -0.25) is 4.79 Å². The number of rotatable bonds is 2. The van der Waals surface area contributed by atoms with Gasteiger partial charge in [0.25, 0.3) is 5.56 Å². The molecule has 5 nitrogen and oxygen atoms in total. The van der Waals surface area contributed by atoms with Crippen molar-refractivity contribution in [3.05, 3.63) is 28.2 Å². The zero-order chi connectivity index (χ0) is 11.6. The van der Waals surface area contributed by atoms with Crippen molar-refractivity contribution >= 4 is 5.97 Å². The molecule has 0 saturated carbocycles. The molecule has 0 aromatic carbocycles. The Bertz CT molecular complexity index is 438. The maximum atomic E-state index is 11.9. The number of halogens is 3. The molecule has 0 aliphatic heterocycles. The molecule has 0 spiro atoms. The van der Waals surface area contributed by atoms with Crippen molar-refractivity contribution in [3.63, 3.8) is 0 Å². The normalized spacial score (nSPS) is 11.4. The largest absolute Gasteiger partial charge is 0.476 e. The maximum Gasteiger partial charge on any atom is 0.408 e. The van der Waals surface area contributed by atoms with Crippen molar-refractivity contribution in [1.29, 1.82) is 0 Å². The van der Waals surface area contributed by atoms with Crippen molar-refractivity contribution in [2.24, 2.45) is 0 Å². The van der Waals surface area contributed by atoms with Crippen LogP contribution >= 0.6 is 0 Å². The zero-order valence-electron chi connectivity index (χ0n) is 7.15. The van der Waals surface area contributed by atoms with Gasteiger partial charge in [0.15, 0.2) is 5.69 Å². The van der Waals surface area contributed by atoms with Crippen LogP contribution in [0.25, 0.3) is 0 Å². The second-order valence-corrected chi connectivity index (χ2v) is 2.63. The Labute approximate surface area is 80.8 Å². The predicted molar refractivity (Wildman–Crippen MR) is 41.5 cm³/mol. The number of hydrogen-bond acceptors (Lipinski definition) is 3. The molecule has 0 amide bonds. The molecule has 1 N–H and O–H groups in total. The lowest BCUT2D eigenvalue weighted by Gasteiger charge is -2.07. The minimum Gasteiger partial charge on any atom is -0.476 e. The average Bonchev–Trinajstić information content (AvgIpc) is 2.06. The first kappa shape index (κ1) is 11.2. The first-order chi connectivity index (χ1) is 6.79. The first-order valence-electron chi connectivity index (χ1n) is 3.68. The molecular weight excluding hydrogens is 217 g/mol. The van der Waals surface area contributed by atoms with Gasteiger partial charge >= 0.3 is 12.1 Å². The summed E-state index contributed by atoms with van der Waals surface area (Å²) in [5.41, 5.74) is -1.61. The Hall–Kier alpha value is -1.86. The number of carboxylic acids is 1. The Kier molecular flexibility index (Phi) is 2.78. The number of aromatic carboxylic acids is 1. The van der Waals surface area contributed by atoms with Crippen molar-refractivity contribution in [3.8, 4) is 0 Å². The second-order valence-electron chi connectivity index (χ2n) is 2.63. The van der Waals surface area contributed by atoms with Crippen LogP contribution in [0.15, 0.2) is 16.9 Å². The van der Waals surface area contributed by atoms with Gasteiger partial charge in [-0.1, -0.05) is 0 Å². The quantitative estimate of drug-likeness (QED) is 0.790. The molecule has 1 aromatic rings. The predicted octanol–water partition coefficient (Wildman–Crippen LogP) is 0.504. The third kappa shape index (κ3) is 3.08. The number of carboxylic acid groups (broad SMARTS) is 1. The van der Waals surface area contributed by atoms with E-state index in [0.29, 0.717) is 0 Å². The number of aromatic nitrogens is 2. The number of nitrogens with zero attached hydrogens (tertiary/aromatic N) is 2. The molecule has 1 heterocycles. The maximum absolute atomic E-state index is 11.9. The van der Waals surface area contributed by atoms with E-state index in [2.05, 4.69) is 5.10 Å². The summed E-state index contributed by atoms with van der Waals surface area (Å²) < 4.78 is 35.8. The molecule has 0 aliphatic carbocycles. The van der Waals surface area contributed by atoms with E-state index in [1.165, 1.54) is 0 Å². The van der Waals surface area contributed by atoms with Gasteiger partial charge in [0.05, 0.1) is 0 Å². The van der Waals surface area contributed by atoms with Gasteiger partial charge in [-0.05, 0) is 6.07 Å². The number of hydrogen-bond donors (Lipinski definition) is 1. The van der Waals surface area contributed by atoms with E-state index in [4.69, 9.17) is 5.11 Å². The minimum atomic E-state index is -4.62. The SMILES string of the molecule is O=C(O)c1ccc(=O)n(CC(F)(F)F)n1. The third-order valence-corrected chi connectivity index (χ3v) is 1.41. The summed E-state index contributed by atoms with van der Waals surface area (Å²) in [5, 5.41) is 11.5. The highest BCUT2D eigenvalue weighted by molar-refractivity contribution is 5.84. The molecule has 15 heavy (non-hydrogen) atoms. The van der Waals surface area contributed by atoms with Crippen molar-refractivity contribution in [2.45, 2.75) is 12.7 Å². The molecule has 0 atom stereocenters. The van der Waals surface area contributed by atoms with Crippen LogP contribution in [0.5, 0.6) is 0 Å². The number of alkyl halides is 3. The van der Waals surface area contributed by atoms with E-state index in [-0.39, 0.29) is 4.68 Å². The lowest BCUT2D eigenvalue weighted by Crippen LogP contribution is -2.30. The molecule has 0 fully saturated rings. The fourth-order valence-corrected chi connectivity index (χ4v) is 0.846. The average molecular weight is 222 g/mol. The van der Waals surface area contributed by atoms with E-state index in [0.717, 1.165) is 12.1 Å². The molecule has 8 heteroatoms. The van der Waals surface area contributed by atoms with E-state index >= 15 is 0 Å². The number of carbonyl (C=O) groups is 1. The minimum absolute atomic E-state index is 0.0590. The highest BCUT2D eigenvalue weighted by Crippen LogP contribution is 2.15. The van der Waals surface area contributed by atoms with Crippen LogP contribution in [-0.2, 0) is 6.54 Å². The van der Waals surface area contributed by atoms with E-state index < -0.39 is 29.9 Å².